The van der Waals surface area contributed by atoms with Crippen LogP contribution >= 0.6 is 0 Å². The molecule has 2 bridgehead atoms. The van der Waals surface area contributed by atoms with Crippen molar-refractivity contribution < 1.29 is 0 Å². The van der Waals surface area contributed by atoms with Crippen LogP contribution in [0.1, 0.15) is 25.7 Å². The first-order valence-corrected chi connectivity index (χ1v) is 8.40. The van der Waals surface area contributed by atoms with E-state index in [-0.39, 0.29) is 0 Å². The smallest absolute Gasteiger partial charge is 0.157 e. The molecule has 3 aromatic heterocycles. The molecule has 3 aromatic rings. The molecule has 0 unspecified atom stereocenters. The zero-order chi connectivity index (χ0) is 15.2. The van der Waals surface area contributed by atoms with E-state index in [0.717, 1.165) is 29.4 Å². The fraction of sp³-hybridized carbons (Fsp3) is 0.389. The Morgan fingerprint density at radius 3 is 2.83 bits per heavy atom. The third-order valence-corrected chi connectivity index (χ3v) is 5.26. The quantitative estimate of drug-likeness (QED) is 0.729. The van der Waals surface area contributed by atoms with E-state index in [9.17, 15) is 0 Å². The Bertz CT molecular complexity index is 841. The van der Waals surface area contributed by atoms with Gasteiger partial charge < -0.3 is 4.90 Å². The number of nitrogens with zero attached hydrogens (tertiary/aromatic N) is 5. The Hall–Kier alpha value is -2.43. The van der Waals surface area contributed by atoms with Crippen LogP contribution in [0.4, 0.5) is 5.82 Å². The van der Waals surface area contributed by atoms with E-state index < -0.39 is 0 Å². The van der Waals surface area contributed by atoms with Crippen molar-refractivity contribution in [2.24, 2.45) is 5.92 Å². The van der Waals surface area contributed by atoms with Gasteiger partial charge in [-0.2, -0.15) is 9.61 Å². The molecule has 23 heavy (non-hydrogen) atoms. The second-order valence-electron chi connectivity index (χ2n) is 6.68. The van der Waals surface area contributed by atoms with Gasteiger partial charge in [0.15, 0.2) is 5.65 Å². The molecular weight excluding hydrogens is 286 g/mol. The molecule has 0 amide bonds. The maximum Gasteiger partial charge on any atom is 0.157 e. The molecule has 0 radical (unpaired) electrons. The number of anilines is 1. The third kappa shape index (κ3) is 2.11. The van der Waals surface area contributed by atoms with Gasteiger partial charge in [0.2, 0.25) is 0 Å². The lowest BCUT2D eigenvalue weighted by atomic mass is 9.90. The molecule has 0 N–H and O–H groups in total. The maximum atomic E-state index is 4.77. The molecular formula is C18H19N5. The first kappa shape index (κ1) is 13.0. The Morgan fingerprint density at radius 1 is 1.04 bits per heavy atom. The van der Waals surface area contributed by atoms with Gasteiger partial charge in [-0.1, -0.05) is 6.42 Å². The molecule has 5 nitrogen and oxygen atoms in total. The van der Waals surface area contributed by atoms with Crippen LogP contribution in [0.15, 0.2) is 42.9 Å². The van der Waals surface area contributed by atoms with Gasteiger partial charge >= 0.3 is 0 Å². The van der Waals surface area contributed by atoms with Crippen molar-refractivity contribution in [1.82, 2.24) is 19.6 Å². The van der Waals surface area contributed by atoms with Crippen molar-refractivity contribution in [2.75, 3.05) is 11.4 Å². The predicted molar refractivity (Wildman–Crippen MR) is 89.3 cm³/mol. The van der Waals surface area contributed by atoms with Gasteiger partial charge in [0.25, 0.3) is 0 Å². The number of pyridine rings is 1. The zero-order valence-corrected chi connectivity index (χ0v) is 13.0. The first-order chi connectivity index (χ1) is 11.4. The van der Waals surface area contributed by atoms with Crippen LogP contribution in [-0.2, 0) is 0 Å². The molecule has 1 saturated heterocycles. The van der Waals surface area contributed by atoms with Crippen LogP contribution in [0.25, 0.3) is 16.9 Å². The summed E-state index contributed by atoms with van der Waals surface area (Å²) in [5.41, 5.74) is 3.01. The molecule has 5 heteroatoms. The van der Waals surface area contributed by atoms with Crippen LogP contribution < -0.4 is 4.90 Å². The summed E-state index contributed by atoms with van der Waals surface area (Å²) in [5, 5.41) is 4.51. The van der Waals surface area contributed by atoms with E-state index in [4.69, 9.17) is 4.98 Å². The lowest BCUT2D eigenvalue weighted by Crippen LogP contribution is -2.30. The van der Waals surface area contributed by atoms with Gasteiger partial charge in [-0.05, 0) is 37.3 Å². The Labute approximate surface area is 135 Å². The summed E-state index contributed by atoms with van der Waals surface area (Å²) >= 11 is 0. The van der Waals surface area contributed by atoms with Crippen molar-refractivity contribution in [1.29, 1.82) is 0 Å². The summed E-state index contributed by atoms with van der Waals surface area (Å²) in [7, 11) is 0. The minimum Gasteiger partial charge on any atom is -0.353 e. The molecule has 2 fully saturated rings. The highest BCUT2D eigenvalue weighted by molar-refractivity contribution is 5.67. The van der Waals surface area contributed by atoms with Crippen molar-refractivity contribution >= 4 is 11.5 Å². The number of rotatable bonds is 2. The highest BCUT2D eigenvalue weighted by Crippen LogP contribution is 2.39. The normalized spacial score (nSPS) is 23.6. The number of hydrogen-bond donors (Lipinski definition) is 0. The van der Waals surface area contributed by atoms with Gasteiger partial charge in [0, 0.05) is 42.7 Å². The van der Waals surface area contributed by atoms with Crippen molar-refractivity contribution in [3.63, 3.8) is 0 Å². The fourth-order valence-corrected chi connectivity index (χ4v) is 4.19. The lowest BCUT2D eigenvalue weighted by Gasteiger charge is -2.27. The minimum atomic E-state index is 0.661. The number of aromatic nitrogens is 4. The van der Waals surface area contributed by atoms with Crippen LogP contribution in [0, 0.1) is 5.92 Å². The molecule has 1 aliphatic carbocycles. The standard InChI is InChI=1S/C18H19N5/c1-2-13-10-15(3-1)22(12-13)18-11-16(14-4-7-19-8-5-14)21-17-6-9-20-23(17)18/h4-9,11,13,15H,1-3,10,12H2/t13-,15+/m1/s1. The van der Waals surface area contributed by atoms with E-state index >= 15 is 0 Å². The van der Waals surface area contributed by atoms with E-state index in [0.29, 0.717) is 6.04 Å². The molecule has 2 atom stereocenters. The molecule has 0 spiro atoms. The molecule has 5 rings (SSSR count). The van der Waals surface area contributed by atoms with Crippen LogP contribution in [0.3, 0.4) is 0 Å². The molecule has 1 aliphatic heterocycles. The van der Waals surface area contributed by atoms with Gasteiger partial charge in [-0.15, -0.1) is 0 Å². The maximum absolute atomic E-state index is 4.77. The highest BCUT2D eigenvalue weighted by atomic mass is 15.4. The molecule has 4 heterocycles. The lowest BCUT2D eigenvalue weighted by molar-refractivity contribution is 0.414. The monoisotopic (exact) mass is 305 g/mol. The summed E-state index contributed by atoms with van der Waals surface area (Å²) in [6.07, 6.45) is 10.8. The Balaban J connectivity index is 1.66. The summed E-state index contributed by atoms with van der Waals surface area (Å²) in [6.45, 7) is 1.15. The van der Waals surface area contributed by atoms with Gasteiger partial charge in [0.1, 0.15) is 5.82 Å². The summed E-state index contributed by atoms with van der Waals surface area (Å²) in [4.78, 5) is 11.4. The van der Waals surface area contributed by atoms with E-state index in [1.54, 1.807) is 0 Å². The molecule has 0 aromatic carbocycles. The van der Waals surface area contributed by atoms with Crippen LogP contribution in [0.2, 0.25) is 0 Å². The average Bonchev–Trinajstić information content (AvgIpc) is 3.19. The average molecular weight is 305 g/mol. The fourth-order valence-electron chi connectivity index (χ4n) is 4.19. The number of hydrogen-bond acceptors (Lipinski definition) is 4. The molecule has 116 valence electrons. The second-order valence-corrected chi connectivity index (χ2v) is 6.68. The van der Waals surface area contributed by atoms with Gasteiger partial charge in [0.05, 0.1) is 11.9 Å². The summed E-state index contributed by atoms with van der Waals surface area (Å²) in [5.74, 6) is 2.03. The molecule has 2 aliphatic rings. The predicted octanol–water partition coefficient (Wildman–Crippen LogP) is 3.17. The van der Waals surface area contributed by atoms with Crippen molar-refractivity contribution in [3.8, 4) is 11.3 Å². The van der Waals surface area contributed by atoms with Crippen molar-refractivity contribution in [3.05, 3.63) is 42.9 Å². The zero-order valence-electron chi connectivity index (χ0n) is 13.0. The summed E-state index contributed by atoms with van der Waals surface area (Å²) < 4.78 is 1.99. The second kappa shape index (κ2) is 5.05. The highest BCUT2D eigenvalue weighted by Gasteiger charge is 2.36. The summed E-state index contributed by atoms with van der Waals surface area (Å²) in [6, 6.07) is 8.86. The SMILES string of the molecule is c1cc(-c2cc(N3C[C@@H]4CCC[C@H]3C4)n3nccc3n2)ccn1. The van der Waals surface area contributed by atoms with Crippen LogP contribution in [-0.4, -0.2) is 32.2 Å². The Kier molecular flexibility index (Phi) is 2.86. The molecule has 1 saturated carbocycles. The van der Waals surface area contributed by atoms with E-state index in [1.165, 1.54) is 31.5 Å². The van der Waals surface area contributed by atoms with Crippen molar-refractivity contribution in [2.45, 2.75) is 31.7 Å². The van der Waals surface area contributed by atoms with Gasteiger partial charge in [-0.3, -0.25) is 4.98 Å². The largest absolute Gasteiger partial charge is 0.353 e. The Morgan fingerprint density at radius 2 is 1.96 bits per heavy atom. The minimum absolute atomic E-state index is 0.661. The number of fused-ring (bicyclic) bond motifs is 3. The first-order valence-electron chi connectivity index (χ1n) is 8.40. The topological polar surface area (TPSA) is 46.3 Å². The van der Waals surface area contributed by atoms with Gasteiger partial charge in [-0.25, -0.2) is 4.98 Å². The van der Waals surface area contributed by atoms with E-state index in [2.05, 4.69) is 21.0 Å². The van der Waals surface area contributed by atoms with Crippen LogP contribution in [0.5, 0.6) is 0 Å². The van der Waals surface area contributed by atoms with E-state index in [1.807, 2.05) is 41.3 Å². The third-order valence-electron chi connectivity index (χ3n) is 5.26.